The predicted octanol–water partition coefficient (Wildman–Crippen LogP) is 3.43. The molecule has 16 heavy (non-hydrogen) atoms. The smallest absolute Gasteiger partial charge is 0.222 e. The number of aryl methyl sites for hydroxylation is 2. The van der Waals surface area contributed by atoms with E-state index in [1.54, 1.807) is 4.90 Å². The number of hydrogen-bond acceptors (Lipinski definition) is 1. The molecule has 0 atom stereocenters. The molecule has 0 aliphatic carbocycles. The van der Waals surface area contributed by atoms with Gasteiger partial charge in [0, 0.05) is 24.5 Å². The molecule has 0 aromatic heterocycles. The van der Waals surface area contributed by atoms with Gasteiger partial charge in [-0.05, 0) is 42.7 Å². The molecule has 0 aliphatic rings. The fourth-order valence-corrected chi connectivity index (χ4v) is 2.47. The molecule has 2 nitrogen and oxygen atoms in total. The van der Waals surface area contributed by atoms with Crippen LogP contribution in [0.25, 0.3) is 0 Å². The third-order valence-electron chi connectivity index (χ3n) is 2.78. The van der Waals surface area contributed by atoms with Crippen molar-refractivity contribution in [3.05, 3.63) is 33.3 Å². The average Bonchev–Trinajstić information content (AvgIpc) is 2.21. The van der Waals surface area contributed by atoms with Gasteiger partial charge in [-0.25, -0.2) is 0 Å². The fraction of sp³-hybridized carbons (Fsp3) is 0.462. The molecule has 0 unspecified atom stereocenters. The van der Waals surface area contributed by atoms with Gasteiger partial charge in [0.1, 0.15) is 0 Å². The molecule has 0 aliphatic heterocycles. The van der Waals surface area contributed by atoms with E-state index in [9.17, 15) is 4.79 Å². The lowest BCUT2D eigenvalue weighted by Gasteiger charge is -2.19. The van der Waals surface area contributed by atoms with Crippen molar-refractivity contribution in [1.29, 1.82) is 0 Å². The molecule has 0 saturated carbocycles. The van der Waals surface area contributed by atoms with Crippen LogP contribution in [0.3, 0.4) is 0 Å². The van der Waals surface area contributed by atoms with E-state index in [1.165, 1.54) is 16.7 Å². The lowest BCUT2D eigenvalue weighted by molar-refractivity contribution is -0.130. The molecule has 1 amide bonds. The van der Waals surface area contributed by atoms with Crippen molar-refractivity contribution in [2.24, 2.45) is 0 Å². The van der Waals surface area contributed by atoms with Gasteiger partial charge in [0.25, 0.3) is 0 Å². The molecule has 3 heteroatoms. The summed E-state index contributed by atoms with van der Waals surface area (Å²) in [5, 5.41) is 0. The number of amides is 1. The maximum Gasteiger partial charge on any atom is 0.222 e. The summed E-state index contributed by atoms with van der Waals surface area (Å²) >= 11 is 3.48. The van der Waals surface area contributed by atoms with Gasteiger partial charge in [-0.3, -0.25) is 4.79 Å². The Morgan fingerprint density at radius 2 is 1.81 bits per heavy atom. The van der Waals surface area contributed by atoms with E-state index in [-0.39, 0.29) is 5.91 Å². The summed E-state index contributed by atoms with van der Waals surface area (Å²) in [5.74, 6) is 0.182. The highest BCUT2D eigenvalue weighted by Gasteiger charge is 2.10. The summed E-state index contributed by atoms with van der Waals surface area (Å²) < 4.78 is 1.09. The Bertz CT molecular complexity index is 378. The maximum absolute atomic E-state index is 11.5. The largest absolute Gasteiger partial charge is 0.341 e. The van der Waals surface area contributed by atoms with Crippen molar-refractivity contribution in [2.45, 2.75) is 33.7 Å². The third kappa shape index (κ3) is 3.08. The number of rotatable bonds is 3. The van der Waals surface area contributed by atoms with E-state index in [0.717, 1.165) is 4.47 Å². The summed E-state index contributed by atoms with van der Waals surface area (Å²) in [6, 6.07) is 4.18. The van der Waals surface area contributed by atoms with Crippen LogP contribution >= 0.6 is 15.9 Å². The quantitative estimate of drug-likeness (QED) is 0.832. The minimum atomic E-state index is 0.182. The summed E-state index contributed by atoms with van der Waals surface area (Å²) in [5.41, 5.74) is 3.69. The lowest BCUT2D eigenvalue weighted by atomic mass is 10.0. The Morgan fingerprint density at radius 1 is 1.31 bits per heavy atom. The van der Waals surface area contributed by atoms with Crippen molar-refractivity contribution in [3.8, 4) is 0 Å². The molecule has 0 saturated heterocycles. The first kappa shape index (κ1) is 13.2. The van der Waals surface area contributed by atoms with Crippen molar-refractivity contribution in [2.75, 3.05) is 7.05 Å². The summed E-state index contributed by atoms with van der Waals surface area (Å²) in [7, 11) is 1.85. The monoisotopic (exact) mass is 283 g/mol. The van der Waals surface area contributed by atoms with Gasteiger partial charge in [-0.2, -0.15) is 0 Å². The van der Waals surface area contributed by atoms with Gasteiger partial charge < -0.3 is 4.90 Å². The van der Waals surface area contributed by atoms with Gasteiger partial charge >= 0.3 is 0 Å². The van der Waals surface area contributed by atoms with E-state index < -0.39 is 0 Å². The normalized spacial score (nSPS) is 10.3. The minimum Gasteiger partial charge on any atom is -0.341 e. The number of carbonyl (C=O) groups excluding carboxylic acids is 1. The second-order valence-corrected chi connectivity index (χ2v) is 5.04. The minimum absolute atomic E-state index is 0.182. The maximum atomic E-state index is 11.5. The second kappa shape index (κ2) is 5.48. The van der Waals surface area contributed by atoms with Crippen LogP contribution in [0.2, 0.25) is 0 Å². The van der Waals surface area contributed by atoms with Crippen LogP contribution in [0.4, 0.5) is 0 Å². The number of carbonyl (C=O) groups is 1. The second-order valence-electron chi connectivity index (χ2n) is 4.12. The standard InChI is InChI=1S/C13H18BrNO/c1-5-13(16)15(4)8-12-9(2)6-11(14)7-10(12)3/h6-7H,5,8H2,1-4H3. The molecule has 88 valence electrons. The lowest BCUT2D eigenvalue weighted by Crippen LogP contribution is -2.25. The average molecular weight is 284 g/mol. The van der Waals surface area contributed by atoms with E-state index in [1.807, 2.05) is 14.0 Å². The highest BCUT2D eigenvalue weighted by Crippen LogP contribution is 2.21. The third-order valence-corrected chi connectivity index (χ3v) is 3.24. The van der Waals surface area contributed by atoms with Gasteiger partial charge in [0.15, 0.2) is 0 Å². The Morgan fingerprint density at radius 3 is 2.25 bits per heavy atom. The summed E-state index contributed by atoms with van der Waals surface area (Å²) in [6.07, 6.45) is 0.561. The first-order chi connectivity index (χ1) is 7.45. The first-order valence-electron chi connectivity index (χ1n) is 5.45. The Hall–Kier alpha value is -0.830. The molecule has 0 heterocycles. The number of benzene rings is 1. The Kier molecular flexibility index (Phi) is 4.54. The highest BCUT2D eigenvalue weighted by atomic mass is 79.9. The summed E-state index contributed by atoms with van der Waals surface area (Å²) in [6.45, 7) is 6.74. The van der Waals surface area contributed by atoms with Crippen LogP contribution in [0.5, 0.6) is 0 Å². The zero-order chi connectivity index (χ0) is 12.3. The van der Waals surface area contributed by atoms with Gasteiger partial charge in [0.05, 0.1) is 0 Å². The van der Waals surface area contributed by atoms with Crippen LogP contribution in [0, 0.1) is 13.8 Å². The molecule has 1 aromatic carbocycles. The number of nitrogens with zero attached hydrogens (tertiary/aromatic N) is 1. The molecular formula is C13H18BrNO. The molecule has 0 radical (unpaired) electrons. The topological polar surface area (TPSA) is 20.3 Å². The van der Waals surface area contributed by atoms with E-state index in [2.05, 4.69) is 41.9 Å². The number of hydrogen-bond donors (Lipinski definition) is 0. The van der Waals surface area contributed by atoms with Crippen molar-refractivity contribution in [1.82, 2.24) is 4.90 Å². The molecular weight excluding hydrogens is 266 g/mol. The van der Waals surface area contributed by atoms with Gasteiger partial charge in [-0.1, -0.05) is 22.9 Å². The summed E-state index contributed by atoms with van der Waals surface area (Å²) in [4.78, 5) is 13.3. The van der Waals surface area contributed by atoms with E-state index >= 15 is 0 Å². The zero-order valence-corrected chi connectivity index (χ0v) is 11.9. The van der Waals surface area contributed by atoms with Gasteiger partial charge in [-0.15, -0.1) is 0 Å². The van der Waals surface area contributed by atoms with Crippen molar-refractivity contribution in [3.63, 3.8) is 0 Å². The molecule has 0 bridgehead atoms. The van der Waals surface area contributed by atoms with Gasteiger partial charge in [0.2, 0.25) is 5.91 Å². The van der Waals surface area contributed by atoms with E-state index in [4.69, 9.17) is 0 Å². The van der Waals surface area contributed by atoms with Crippen LogP contribution in [-0.2, 0) is 11.3 Å². The van der Waals surface area contributed by atoms with Crippen LogP contribution < -0.4 is 0 Å². The van der Waals surface area contributed by atoms with Crippen LogP contribution in [0.1, 0.15) is 30.0 Å². The van der Waals surface area contributed by atoms with Crippen molar-refractivity contribution >= 4 is 21.8 Å². The SMILES string of the molecule is CCC(=O)N(C)Cc1c(C)cc(Br)cc1C. The predicted molar refractivity (Wildman–Crippen MR) is 70.4 cm³/mol. The molecule has 1 aromatic rings. The zero-order valence-electron chi connectivity index (χ0n) is 10.3. The molecule has 0 spiro atoms. The number of halogens is 1. The molecule has 1 rings (SSSR count). The molecule has 0 fully saturated rings. The fourth-order valence-electron chi connectivity index (χ4n) is 1.79. The first-order valence-corrected chi connectivity index (χ1v) is 6.24. The van der Waals surface area contributed by atoms with Crippen LogP contribution in [0.15, 0.2) is 16.6 Å². The Labute approximate surface area is 106 Å². The Balaban J connectivity index is 2.93. The van der Waals surface area contributed by atoms with Crippen molar-refractivity contribution < 1.29 is 4.79 Å². The van der Waals surface area contributed by atoms with E-state index in [0.29, 0.717) is 13.0 Å². The van der Waals surface area contributed by atoms with Crippen LogP contribution in [-0.4, -0.2) is 17.9 Å². The highest BCUT2D eigenvalue weighted by molar-refractivity contribution is 9.10. The molecule has 0 N–H and O–H groups in total.